The van der Waals surface area contributed by atoms with Crippen LogP contribution < -0.4 is 10.6 Å². The van der Waals surface area contributed by atoms with Gasteiger partial charge in [-0.05, 0) is 30.2 Å². The second kappa shape index (κ2) is 13.3. The summed E-state index contributed by atoms with van der Waals surface area (Å²) in [5.41, 5.74) is 2.27. The first-order valence-electron chi connectivity index (χ1n) is 11.4. The van der Waals surface area contributed by atoms with Crippen molar-refractivity contribution in [3.8, 4) is 0 Å². The van der Waals surface area contributed by atoms with E-state index in [-0.39, 0.29) is 47.9 Å². The molecule has 10 nitrogen and oxygen atoms in total. The number of carbonyl (C=O) groups excluding carboxylic acids is 1. The second-order valence-corrected chi connectivity index (χ2v) is 11.1. The molecular formula is C24H28Cl2N4O6S. The molecule has 0 bridgehead atoms. The van der Waals surface area contributed by atoms with Gasteiger partial charge in [0, 0.05) is 23.7 Å². The number of aliphatic imine (C=N–C) groups is 1. The number of hydrogen-bond acceptors (Lipinski definition) is 8. The fourth-order valence-corrected chi connectivity index (χ4v) is 5.55. The molecule has 0 atom stereocenters. The predicted molar refractivity (Wildman–Crippen MR) is 141 cm³/mol. The van der Waals surface area contributed by atoms with Gasteiger partial charge in [-0.3, -0.25) is 14.7 Å². The first-order valence-corrected chi connectivity index (χ1v) is 13.8. The molecule has 0 aromatic heterocycles. The lowest BCUT2D eigenvalue weighted by atomic mass is 10.1. The van der Waals surface area contributed by atoms with Crippen molar-refractivity contribution in [3.63, 3.8) is 0 Å². The fraction of sp³-hybridized carbons (Fsp3) is 0.375. The number of ketones is 1. The summed E-state index contributed by atoms with van der Waals surface area (Å²) in [5, 5.41) is 15.5. The van der Waals surface area contributed by atoms with Gasteiger partial charge in [-0.25, -0.2) is 13.2 Å². The smallest absolute Gasteiger partial charge is 0.413 e. The molecule has 13 heteroatoms. The summed E-state index contributed by atoms with van der Waals surface area (Å²) in [4.78, 5) is 28.8. The van der Waals surface area contributed by atoms with Gasteiger partial charge in [0.1, 0.15) is 18.3 Å². The van der Waals surface area contributed by atoms with Crippen molar-refractivity contribution in [1.82, 2.24) is 15.5 Å². The van der Waals surface area contributed by atoms with Gasteiger partial charge in [0.05, 0.1) is 36.2 Å². The van der Waals surface area contributed by atoms with Crippen molar-refractivity contribution in [2.75, 3.05) is 45.3 Å². The van der Waals surface area contributed by atoms with Crippen molar-refractivity contribution in [2.24, 2.45) is 4.99 Å². The van der Waals surface area contributed by atoms with Crippen LogP contribution in [-0.4, -0.2) is 81.4 Å². The number of nitrogens with zero attached hydrogens (tertiary/aromatic N) is 2. The topological polar surface area (TPSA) is 137 Å². The molecule has 0 radical (unpaired) electrons. The molecule has 200 valence electrons. The van der Waals surface area contributed by atoms with Crippen molar-refractivity contribution >= 4 is 50.8 Å². The summed E-state index contributed by atoms with van der Waals surface area (Å²) >= 11 is 12.0. The van der Waals surface area contributed by atoms with Crippen LogP contribution in [0.1, 0.15) is 16.7 Å². The quantitative estimate of drug-likeness (QED) is 0.312. The zero-order valence-electron chi connectivity index (χ0n) is 20.2. The second-order valence-electron chi connectivity index (χ2n) is 8.32. The maximum absolute atomic E-state index is 12.5. The fourth-order valence-electron chi connectivity index (χ4n) is 3.53. The molecule has 1 aliphatic heterocycles. The number of amides is 1. The highest BCUT2D eigenvalue weighted by Crippen LogP contribution is 2.28. The van der Waals surface area contributed by atoms with E-state index in [4.69, 9.17) is 27.9 Å². The Kier molecular flexibility index (Phi) is 10.4. The molecule has 0 aliphatic carbocycles. The predicted octanol–water partition coefficient (Wildman–Crippen LogP) is 2.74. The minimum atomic E-state index is -3.66. The average Bonchev–Trinajstić information content (AvgIpc) is 3.34. The molecule has 1 amide bonds. The zero-order valence-corrected chi connectivity index (χ0v) is 22.5. The van der Waals surface area contributed by atoms with Gasteiger partial charge in [0.2, 0.25) is 0 Å². The van der Waals surface area contributed by atoms with E-state index < -0.39 is 15.9 Å². The number of aryl methyl sites for hydroxylation is 1. The number of amidine groups is 1. The van der Waals surface area contributed by atoms with Gasteiger partial charge in [-0.1, -0.05) is 47.5 Å². The Morgan fingerprint density at radius 3 is 2.57 bits per heavy atom. The van der Waals surface area contributed by atoms with Crippen LogP contribution in [0.5, 0.6) is 0 Å². The Morgan fingerprint density at radius 1 is 1.14 bits per heavy atom. The minimum Gasteiger partial charge on any atom is -0.465 e. The Balaban J connectivity index is 1.31. The van der Waals surface area contributed by atoms with E-state index in [1.165, 1.54) is 17.0 Å². The number of hydrogen-bond donors (Lipinski definition) is 3. The Bertz CT molecular complexity index is 1270. The van der Waals surface area contributed by atoms with Gasteiger partial charge in [0.15, 0.2) is 15.6 Å². The third-order valence-corrected chi connectivity index (χ3v) is 7.89. The molecule has 37 heavy (non-hydrogen) atoms. The van der Waals surface area contributed by atoms with Crippen LogP contribution in [0, 0.1) is 6.92 Å². The molecule has 0 saturated carbocycles. The standard InChI is InChI=1S/C24H28Cl2N4O6S/c1-16-10-22(21(26)11-20(16)25)37(34,35)15-27-7-9-36-14-19(31)13-28-12-17-2-4-18(5-3-17)23-29-6-8-30(23)24(32)33/h2-5,10-11,27-28H,6-9,12-15H2,1H3,(H,32,33). The highest BCUT2D eigenvalue weighted by atomic mass is 35.5. The molecular weight excluding hydrogens is 543 g/mol. The third-order valence-electron chi connectivity index (χ3n) is 5.46. The lowest BCUT2D eigenvalue weighted by molar-refractivity contribution is -0.122. The molecule has 2 aromatic carbocycles. The number of halogens is 2. The number of ether oxygens (including phenoxy) is 1. The van der Waals surface area contributed by atoms with Crippen molar-refractivity contribution in [2.45, 2.75) is 18.4 Å². The van der Waals surface area contributed by atoms with Crippen LogP contribution in [0.25, 0.3) is 0 Å². The third kappa shape index (κ3) is 8.22. The van der Waals surface area contributed by atoms with Crippen molar-refractivity contribution in [1.29, 1.82) is 0 Å². The highest BCUT2D eigenvalue weighted by Gasteiger charge is 2.24. The minimum absolute atomic E-state index is 0.00917. The first-order chi connectivity index (χ1) is 17.6. The monoisotopic (exact) mass is 570 g/mol. The molecule has 3 N–H and O–H groups in total. The largest absolute Gasteiger partial charge is 0.465 e. The van der Waals surface area contributed by atoms with Gasteiger partial charge >= 0.3 is 6.09 Å². The number of sulfone groups is 1. The lowest BCUT2D eigenvalue weighted by Gasteiger charge is -2.14. The number of rotatable bonds is 13. The molecule has 3 rings (SSSR count). The van der Waals surface area contributed by atoms with Crippen LogP contribution in [0.2, 0.25) is 10.0 Å². The van der Waals surface area contributed by atoms with Gasteiger partial charge < -0.3 is 20.5 Å². The summed E-state index contributed by atoms with van der Waals surface area (Å²) in [6, 6.07) is 10.2. The van der Waals surface area contributed by atoms with Crippen LogP contribution in [0.15, 0.2) is 46.3 Å². The summed E-state index contributed by atoms with van der Waals surface area (Å²) < 4.78 is 30.3. The molecule has 0 spiro atoms. The Labute approximate surface area is 225 Å². The number of carboxylic acid groups (broad SMARTS) is 1. The maximum atomic E-state index is 12.5. The maximum Gasteiger partial charge on any atom is 0.413 e. The average molecular weight is 571 g/mol. The summed E-state index contributed by atoms with van der Waals surface area (Å²) in [6.45, 7) is 3.35. The Hall–Kier alpha value is -2.54. The van der Waals surface area contributed by atoms with E-state index in [1.807, 2.05) is 12.1 Å². The van der Waals surface area contributed by atoms with E-state index in [9.17, 15) is 23.1 Å². The van der Waals surface area contributed by atoms with E-state index in [2.05, 4.69) is 15.6 Å². The van der Waals surface area contributed by atoms with Crippen LogP contribution in [0.3, 0.4) is 0 Å². The summed E-state index contributed by atoms with van der Waals surface area (Å²) in [6.07, 6.45) is -1.03. The van der Waals surface area contributed by atoms with Gasteiger partial charge in [0.25, 0.3) is 0 Å². The van der Waals surface area contributed by atoms with Crippen LogP contribution in [-0.2, 0) is 25.9 Å². The molecule has 1 aliphatic rings. The van der Waals surface area contributed by atoms with E-state index in [0.717, 1.165) is 11.1 Å². The van der Waals surface area contributed by atoms with Crippen molar-refractivity contribution < 1.29 is 27.9 Å². The van der Waals surface area contributed by atoms with E-state index >= 15 is 0 Å². The molecule has 1 heterocycles. The molecule has 0 fully saturated rings. The number of benzene rings is 2. The summed E-state index contributed by atoms with van der Waals surface area (Å²) in [7, 11) is -3.66. The first kappa shape index (κ1) is 29.0. The number of Topliss-reactive ketones (excluding diaryl/α,β-unsaturated/α-hetero) is 1. The van der Waals surface area contributed by atoms with Crippen molar-refractivity contribution in [3.05, 3.63) is 63.1 Å². The summed E-state index contributed by atoms with van der Waals surface area (Å²) in [5.74, 6) is -0.0342. The molecule has 0 saturated heterocycles. The normalized spacial score (nSPS) is 13.6. The number of nitrogens with one attached hydrogen (secondary N) is 2. The van der Waals surface area contributed by atoms with Gasteiger partial charge in [-0.15, -0.1) is 0 Å². The van der Waals surface area contributed by atoms with Gasteiger partial charge in [-0.2, -0.15) is 0 Å². The SMILES string of the molecule is Cc1cc(S(=O)(=O)CNCCOCC(=O)CNCc2ccc(C3=NCCN3C(=O)O)cc2)c(Cl)cc1Cl. The molecule has 2 aromatic rings. The van der Waals surface area contributed by atoms with E-state index in [1.54, 1.807) is 19.1 Å². The highest BCUT2D eigenvalue weighted by molar-refractivity contribution is 7.91. The van der Waals surface area contributed by atoms with Crippen LogP contribution in [0.4, 0.5) is 4.79 Å². The molecule has 0 unspecified atom stereocenters. The lowest BCUT2D eigenvalue weighted by Crippen LogP contribution is -2.33. The van der Waals surface area contributed by atoms with Crippen LogP contribution >= 0.6 is 23.2 Å². The number of carbonyl (C=O) groups is 2. The van der Waals surface area contributed by atoms with E-state index in [0.29, 0.717) is 36.1 Å². The Morgan fingerprint density at radius 2 is 1.86 bits per heavy atom. The zero-order chi connectivity index (χ0) is 27.0.